The molecule has 25 heavy (non-hydrogen) atoms. The first-order chi connectivity index (χ1) is 12.0. The molecule has 0 bridgehead atoms. The van der Waals surface area contributed by atoms with Gasteiger partial charge in [0, 0.05) is 10.9 Å². The second-order valence-corrected chi connectivity index (χ2v) is 5.92. The highest BCUT2D eigenvalue weighted by molar-refractivity contribution is 6.29. The molecule has 3 rings (SSSR count). The average molecular weight is 361 g/mol. The number of halogens is 3. The van der Waals surface area contributed by atoms with Crippen molar-refractivity contribution in [1.82, 2.24) is 4.98 Å². The lowest BCUT2D eigenvalue weighted by Gasteiger charge is -2.22. The lowest BCUT2D eigenvalue weighted by atomic mass is 10.1. The Hall–Kier alpha value is -2.53. The molecule has 0 aliphatic heterocycles. The lowest BCUT2D eigenvalue weighted by molar-refractivity contribution is -0.116. The van der Waals surface area contributed by atoms with Crippen molar-refractivity contribution < 1.29 is 13.6 Å². The minimum atomic E-state index is -0.393. The second-order valence-electron chi connectivity index (χ2n) is 5.66. The third-order valence-electron chi connectivity index (χ3n) is 4.00. The summed E-state index contributed by atoms with van der Waals surface area (Å²) in [6.45, 7) is 1.79. The molecule has 0 spiro atoms. The van der Waals surface area contributed by atoms with Gasteiger partial charge in [0.1, 0.15) is 23.3 Å². The number of carbonyl (C=O) groups is 1. The van der Waals surface area contributed by atoms with Crippen molar-refractivity contribution in [3.8, 4) is 0 Å². The largest absolute Gasteiger partial charge is 0.291 e. The van der Waals surface area contributed by atoms with Crippen LogP contribution in [-0.2, 0) is 11.3 Å². The number of amides is 1. The molecule has 1 amide bonds. The average Bonchev–Trinajstić information content (AvgIpc) is 2.60. The van der Waals surface area contributed by atoms with Crippen LogP contribution in [0.3, 0.4) is 0 Å². The van der Waals surface area contributed by atoms with Crippen molar-refractivity contribution in [2.75, 3.05) is 10.8 Å². The number of aryl methyl sites for hydroxylation is 1. The monoisotopic (exact) mass is 360 g/mol. The van der Waals surface area contributed by atoms with Crippen molar-refractivity contribution >= 4 is 34.2 Å². The van der Waals surface area contributed by atoms with Crippen LogP contribution >= 0.6 is 11.6 Å². The normalized spacial score (nSPS) is 10.9. The van der Waals surface area contributed by atoms with Gasteiger partial charge >= 0.3 is 0 Å². The predicted molar refractivity (Wildman–Crippen MR) is 94.7 cm³/mol. The van der Waals surface area contributed by atoms with Gasteiger partial charge in [-0.25, -0.2) is 13.8 Å². The van der Waals surface area contributed by atoms with Crippen LogP contribution in [0, 0.1) is 18.6 Å². The number of aromatic nitrogens is 1. The van der Waals surface area contributed by atoms with Crippen LogP contribution in [0.15, 0.2) is 48.5 Å². The molecular weight excluding hydrogens is 346 g/mol. The third kappa shape index (κ3) is 3.61. The van der Waals surface area contributed by atoms with E-state index in [0.29, 0.717) is 22.3 Å². The molecule has 3 aromatic rings. The van der Waals surface area contributed by atoms with Gasteiger partial charge in [0.25, 0.3) is 0 Å². The van der Waals surface area contributed by atoms with Crippen LogP contribution in [0.25, 0.3) is 10.9 Å². The Labute approximate surface area is 148 Å². The fourth-order valence-electron chi connectivity index (χ4n) is 2.63. The minimum Gasteiger partial charge on any atom is -0.291 e. The van der Waals surface area contributed by atoms with Crippen molar-refractivity contribution in [1.29, 1.82) is 0 Å². The Balaban J connectivity index is 2.04. The summed E-state index contributed by atoms with van der Waals surface area (Å²) in [6, 6.07) is 12.2. The van der Waals surface area contributed by atoms with Gasteiger partial charge in [0.05, 0.1) is 12.1 Å². The number of benzene rings is 2. The summed E-state index contributed by atoms with van der Waals surface area (Å²) < 4.78 is 27.5. The molecule has 0 saturated carbocycles. The van der Waals surface area contributed by atoms with Gasteiger partial charge in [-0.2, -0.15) is 0 Å². The van der Waals surface area contributed by atoms with E-state index in [0.717, 1.165) is 5.56 Å². The molecule has 1 aromatic heterocycles. The molecule has 0 fully saturated rings. The van der Waals surface area contributed by atoms with Crippen molar-refractivity contribution in [2.45, 2.75) is 13.5 Å². The van der Waals surface area contributed by atoms with E-state index in [1.165, 1.54) is 29.2 Å². The van der Waals surface area contributed by atoms with E-state index in [9.17, 15) is 13.6 Å². The summed E-state index contributed by atoms with van der Waals surface area (Å²) in [6.07, 6.45) is 0. The molecule has 0 atom stereocenters. The van der Waals surface area contributed by atoms with E-state index in [4.69, 9.17) is 11.6 Å². The van der Waals surface area contributed by atoms with E-state index >= 15 is 0 Å². The SMILES string of the molecule is Cc1cccc(F)c1CN(C(=O)CCl)c1ccc2cc(F)ccc2n1. The number of anilines is 1. The Bertz CT molecular complexity index is 926. The summed E-state index contributed by atoms with van der Waals surface area (Å²) in [5.74, 6) is -1.06. The number of alkyl halides is 1. The number of rotatable bonds is 4. The zero-order valence-corrected chi connectivity index (χ0v) is 14.2. The molecule has 0 aliphatic rings. The van der Waals surface area contributed by atoms with Gasteiger partial charge < -0.3 is 0 Å². The number of hydrogen-bond donors (Lipinski definition) is 0. The van der Waals surface area contributed by atoms with Gasteiger partial charge in [-0.05, 0) is 48.9 Å². The first-order valence-electron chi connectivity index (χ1n) is 7.66. The van der Waals surface area contributed by atoms with Gasteiger partial charge in [-0.15, -0.1) is 11.6 Å². The standard InChI is InChI=1S/C19H15ClF2N2O/c1-12-3-2-4-16(22)15(12)11-24(19(25)10-20)18-8-5-13-9-14(21)6-7-17(13)23-18/h2-9H,10-11H2,1H3. The fraction of sp³-hybridized carbons (Fsp3) is 0.158. The Morgan fingerprint density at radius 3 is 2.68 bits per heavy atom. The van der Waals surface area contributed by atoms with Crippen LogP contribution in [0.5, 0.6) is 0 Å². The van der Waals surface area contributed by atoms with E-state index in [1.54, 1.807) is 31.2 Å². The predicted octanol–water partition coefficient (Wildman–Crippen LogP) is 4.59. The van der Waals surface area contributed by atoms with Crippen LogP contribution in [-0.4, -0.2) is 16.8 Å². The molecule has 0 aliphatic carbocycles. The zero-order valence-electron chi connectivity index (χ0n) is 13.5. The van der Waals surface area contributed by atoms with Crippen LogP contribution in [0.1, 0.15) is 11.1 Å². The van der Waals surface area contributed by atoms with Crippen molar-refractivity contribution in [3.05, 3.63) is 71.3 Å². The summed E-state index contributed by atoms with van der Waals surface area (Å²) in [4.78, 5) is 18.0. The van der Waals surface area contributed by atoms with Crippen LogP contribution in [0.4, 0.5) is 14.6 Å². The summed E-state index contributed by atoms with van der Waals surface area (Å²) >= 11 is 5.72. The molecule has 0 radical (unpaired) electrons. The highest BCUT2D eigenvalue weighted by atomic mass is 35.5. The van der Waals surface area contributed by atoms with Crippen molar-refractivity contribution in [2.24, 2.45) is 0 Å². The molecule has 0 unspecified atom stereocenters. The third-order valence-corrected chi connectivity index (χ3v) is 4.23. The fourth-order valence-corrected chi connectivity index (χ4v) is 2.77. The van der Waals surface area contributed by atoms with E-state index in [-0.39, 0.29) is 18.2 Å². The number of nitrogens with zero attached hydrogens (tertiary/aromatic N) is 2. The zero-order chi connectivity index (χ0) is 18.0. The molecule has 3 nitrogen and oxygen atoms in total. The molecular formula is C19H15ClF2N2O. The van der Waals surface area contributed by atoms with Gasteiger partial charge in [0.15, 0.2) is 0 Å². The number of hydrogen-bond acceptors (Lipinski definition) is 2. The van der Waals surface area contributed by atoms with E-state index in [2.05, 4.69) is 4.98 Å². The molecule has 1 heterocycles. The first kappa shape index (κ1) is 17.3. The summed E-state index contributed by atoms with van der Waals surface area (Å²) in [7, 11) is 0. The van der Waals surface area contributed by atoms with Gasteiger partial charge in [-0.1, -0.05) is 12.1 Å². The highest BCUT2D eigenvalue weighted by Gasteiger charge is 2.19. The van der Waals surface area contributed by atoms with E-state index in [1.807, 2.05) is 0 Å². The van der Waals surface area contributed by atoms with Crippen molar-refractivity contribution in [3.63, 3.8) is 0 Å². The number of pyridine rings is 1. The Morgan fingerprint density at radius 1 is 1.16 bits per heavy atom. The lowest BCUT2D eigenvalue weighted by Crippen LogP contribution is -2.32. The minimum absolute atomic E-state index is 0.0176. The van der Waals surface area contributed by atoms with Gasteiger partial charge in [-0.3, -0.25) is 9.69 Å². The first-order valence-corrected chi connectivity index (χ1v) is 8.19. The van der Waals surface area contributed by atoms with Gasteiger partial charge in [0.2, 0.25) is 5.91 Å². The highest BCUT2D eigenvalue weighted by Crippen LogP contribution is 2.23. The smallest absolute Gasteiger partial charge is 0.243 e. The second kappa shape index (κ2) is 7.15. The van der Waals surface area contributed by atoms with Crippen LogP contribution in [0.2, 0.25) is 0 Å². The Kier molecular flexibility index (Phi) is 4.95. The van der Waals surface area contributed by atoms with Crippen LogP contribution < -0.4 is 4.90 Å². The maximum Gasteiger partial charge on any atom is 0.243 e. The quantitative estimate of drug-likeness (QED) is 0.637. The molecule has 0 saturated heterocycles. The molecule has 0 N–H and O–H groups in total. The molecule has 6 heteroatoms. The Morgan fingerprint density at radius 2 is 1.96 bits per heavy atom. The topological polar surface area (TPSA) is 33.2 Å². The maximum absolute atomic E-state index is 14.2. The number of carbonyl (C=O) groups excluding carboxylic acids is 1. The molecule has 2 aromatic carbocycles. The summed E-state index contributed by atoms with van der Waals surface area (Å²) in [5, 5.41) is 0.615. The summed E-state index contributed by atoms with van der Waals surface area (Å²) in [5.41, 5.74) is 1.67. The maximum atomic E-state index is 14.2. The van der Waals surface area contributed by atoms with E-state index < -0.39 is 11.7 Å². The number of fused-ring (bicyclic) bond motifs is 1. The molecule has 128 valence electrons.